The van der Waals surface area contributed by atoms with Crippen LogP contribution in [0.25, 0.3) is 0 Å². The molecule has 2 heterocycles. The lowest BCUT2D eigenvalue weighted by atomic mass is 9.96. The maximum absolute atomic E-state index is 13.8. The number of unbranched alkanes of at least 4 members (excludes halogenated alkanes) is 1. The highest BCUT2D eigenvalue weighted by Gasteiger charge is 2.31. The van der Waals surface area contributed by atoms with Gasteiger partial charge in [0.15, 0.2) is 0 Å². The molecule has 1 N–H and O–H groups in total. The number of carbonyl (C=O) groups excluding carboxylic acids is 1. The number of amides is 1. The average Bonchev–Trinajstić information content (AvgIpc) is 2.54. The minimum atomic E-state index is -1.69. The first-order chi connectivity index (χ1) is 11.0. The van der Waals surface area contributed by atoms with Crippen molar-refractivity contribution in [2.24, 2.45) is 5.92 Å². The number of halogens is 4. The summed E-state index contributed by atoms with van der Waals surface area (Å²) < 4.78 is 54.1. The molecule has 1 aromatic heterocycles. The van der Waals surface area contributed by atoms with E-state index >= 15 is 0 Å². The molecular formula is C15H19F4N3O. The van der Waals surface area contributed by atoms with E-state index in [-0.39, 0.29) is 19.0 Å². The molecule has 2 rings (SSSR count). The molecule has 0 aromatic carbocycles. The van der Waals surface area contributed by atoms with E-state index in [1.165, 1.54) is 4.90 Å². The summed E-state index contributed by atoms with van der Waals surface area (Å²) in [6.45, 7) is 2.75. The molecule has 1 aliphatic heterocycles. The van der Waals surface area contributed by atoms with Crippen molar-refractivity contribution in [1.82, 2.24) is 10.3 Å². The van der Waals surface area contributed by atoms with Crippen LogP contribution in [0.15, 0.2) is 0 Å². The molecule has 1 amide bonds. The molecule has 0 aliphatic carbocycles. The molecule has 8 heteroatoms. The highest BCUT2D eigenvalue weighted by atomic mass is 19.2. The molecule has 1 aromatic rings. The minimum absolute atomic E-state index is 0.00862. The second-order valence-corrected chi connectivity index (χ2v) is 5.60. The van der Waals surface area contributed by atoms with E-state index in [1.807, 2.05) is 6.92 Å². The summed E-state index contributed by atoms with van der Waals surface area (Å²) >= 11 is 0. The van der Waals surface area contributed by atoms with Gasteiger partial charge >= 0.3 is 0 Å². The van der Waals surface area contributed by atoms with Gasteiger partial charge in [0, 0.05) is 19.6 Å². The average molecular weight is 333 g/mol. The lowest BCUT2D eigenvalue weighted by molar-refractivity contribution is -0.125. The first-order valence-corrected chi connectivity index (χ1v) is 7.68. The number of anilines is 1. The SMILES string of the molecule is CCCCNC(=O)C1CCCN(c2c(F)c(F)nc(F)c2F)C1. The third-order valence-electron chi connectivity index (χ3n) is 3.91. The molecule has 23 heavy (non-hydrogen) atoms. The lowest BCUT2D eigenvalue weighted by Gasteiger charge is -2.34. The molecule has 0 bridgehead atoms. The van der Waals surface area contributed by atoms with E-state index in [1.54, 1.807) is 0 Å². The van der Waals surface area contributed by atoms with Crippen LogP contribution in [0.3, 0.4) is 0 Å². The summed E-state index contributed by atoms with van der Waals surface area (Å²) in [7, 11) is 0. The molecule has 1 atom stereocenters. The van der Waals surface area contributed by atoms with Crippen LogP contribution in [0.4, 0.5) is 23.2 Å². The molecule has 1 fully saturated rings. The van der Waals surface area contributed by atoms with Crippen LogP contribution >= 0.6 is 0 Å². The molecule has 1 unspecified atom stereocenters. The fraction of sp³-hybridized carbons (Fsp3) is 0.600. The van der Waals surface area contributed by atoms with Crippen molar-refractivity contribution in [2.75, 3.05) is 24.5 Å². The van der Waals surface area contributed by atoms with Gasteiger partial charge in [-0.15, -0.1) is 0 Å². The molecule has 0 saturated carbocycles. The number of aromatic nitrogens is 1. The maximum atomic E-state index is 13.8. The zero-order chi connectivity index (χ0) is 17.0. The van der Waals surface area contributed by atoms with E-state index in [0.29, 0.717) is 19.4 Å². The molecule has 1 saturated heterocycles. The minimum Gasteiger partial charge on any atom is -0.366 e. The van der Waals surface area contributed by atoms with Gasteiger partial charge in [-0.1, -0.05) is 13.3 Å². The number of rotatable bonds is 5. The summed E-state index contributed by atoms with van der Waals surface area (Å²) in [5.41, 5.74) is -0.791. The summed E-state index contributed by atoms with van der Waals surface area (Å²) in [5.74, 6) is -7.12. The van der Waals surface area contributed by atoms with E-state index in [0.717, 1.165) is 12.8 Å². The third kappa shape index (κ3) is 3.92. The number of hydrogen-bond donors (Lipinski definition) is 1. The summed E-state index contributed by atoms with van der Waals surface area (Å²) in [5, 5.41) is 2.76. The molecule has 128 valence electrons. The predicted molar refractivity (Wildman–Crippen MR) is 76.9 cm³/mol. The van der Waals surface area contributed by atoms with Crippen molar-refractivity contribution in [2.45, 2.75) is 32.6 Å². The summed E-state index contributed by atoms with van der Waals surface area (Å²) in [6.07, 6.45) is 2.83. The Balaban J connectivity index is 2.14. The Morgan fingerprint density at radius 1 is 1.26 bits per heavy atom. The summed E-state index contributed by atoms with van der Waals surface area (Å²) in [4.78, 5) is 15.8. The Morgan fingerprint density at radius 2 is 1.91 bits per heavy atom. The van der Waals surface area contributed by atoms with Crippen molar-refractivity contribution < 1.29 is 22.4 Å². The van der Waals surface area contributed by atoms with Gasteiger partial charge in [0.25, 0.3) is 11.9 Å². The van der Waals surface area contributed by atoms with Gasteiger partial charge < -0.3 is 10.2 Å². The van der Waals surface area contributed by atoms with Crippen LogP contribution in [0.1, 0.15) is 32.6 Å². The van der Waals surface area contributed by atoms with E-state index in [2.05, 4.69) is 10.3 Å². The highest BCUT2D eigenvalue weighted by molar-refractivity contribution is 5.79. The topological polar surface area (TPSA) is 45.2 Å². The Kier molecular flexibility index (Phi) is 5.79. The largest absolute Gasteiger partial charge is 0.366 e. The monoisotopic (exact) mass is 333 g/mol. The van der Waals surface area contributed by atoms with Gasteiger partial charge in [-0.3, -0.25) is 4.79 Å². The Hall–Kier alpha value is -1.86. The normalized spacial score (nSPS) is 18.1. The Labute approximate surface area is 131 Å². The zero-order valence-electron chi connectivity index (χ0n) is 12.8. The van der Waals surface area contributed by atoms with Gasteiger partial charge in [-0.2, -0.15) is 22.5 Å². The maximum Gasteiger partial charge on any atom is 0.253 e. The van der Waals surface area contributed by atoms with Crippen LogP contribution < -0.4 is 10.2 Å². The molecule has 1 aliphatic rings. The van der Waals surface area contributed by atoms with Crippen molar-refractivity contribution in [3.63, 3.8) is 0 Å². The van der Waals surface area contributed by atoms with Crippen LogP contribution in [-0.4, -0.2) is 30.5 Å². The Morgan fingerprint density at radius 3 is 2.52 bits per heavy atom. The number of pyridine rings is 1. The van der Waals surface area contributed by atoms with Gasteiger partial charge in [0.05, 0.1) is 5.92 Å². The van der Waals surface area contributed by atoms with E-state index in [9.17, 15) is 22.4 Å². The number of piperidine rings is 1. The van der Waals surface area contributed by atoms with Crippen LogP contribution in [0.2, 0.25) is 0 Å². The fourth-order valence-corrected chi connectivity index (χ4v) is 2.68. The van der Waals surface area contributed by atoms with E-state index < -0.39 is 35.1 Å². The first-order valence-electron chi connectivity index (χ1n) is 7.68. The lowest BCUT2D eigenvalue weighted by Crippen LogP contribution is -2.44. The van der Waals surface area contributed by atoms with Crippen molar-refractivity contribution in [1.29, 1.82) is 0 Å². The van der Waals surface area contributed by atoms with Crippen molar-refractivity contribution in [3.05, 3.63) is 23.5 Å². The van der Waals surface area contributed by atoms with Crippen LogP contribution in [0, 0.1) is 29.4 Å². The summed E-state index contributed by atoms with van der Waals surface area (Å²) in [6, 6.07) is 0. The molecule has 0 radical (unpaired) electrons. The number of nitrogens with zero attached hydrogens (tertiary/aromatic N) is 2. The smallest absolute Gasteiger partial charge is 0.253 e. The van der Waals surface area contributed by atoms with Crippen molar-refractivity contribution in [3.8, 4) is 0 Å². The first kappa shape index (κ1) is 17.5. The van der Waals surface area contributed by atoms with Gasteiger partial charge in [-0.25, -0.2) is 0 Å². The molecular weight excluding hydrogens is 314 g/mol. The number of carbonyl (C=O) groups is 1. The van der Waals surface area contributed by atoms with E-state index in [4.69, 9.17) is 0 Å². The number of hydrogen-bond acceptors (Lipinski definition) is 3. The highest BCUT2D eigenvalue weighted by Crippen LogP contribution is 2.30. The second-order valence-electron chi connectivity index (χ2n) is 5.60. The molecule has 0 spiro atoms. The Bertz CT molecular complexity index is 556. The quantitative estimate of drug-likeness (QED) is 0.512. The van der Waals surface area contributed by atoms with Gasteiger partial charge in [0.2, 0.25) is 17.5 Å². The van der Waals surface area contributed by atoms with Crippen molar-refractivity contribution >= 4 is 11.6 Å². The van der Waals surface area contributed by atoms with Gasteiger partial charge in [-0.05, 0) is 19.3 Å². The third-order valence-corrected chi connectivity index (χ3v) is 3.91. The fourth-order valence-electron chi connectivity index (χ4n) is 2.68. The molecule has 4 nitrogen and oxygen atoms in total. The number of nitrogens with one attached hydrogen (secondary N) is 1. The second kappa shape index (κ2) is 7.61. The predicted octanol–water partition coefficient (Wildman–Crippen LogP) is 2.77. The van der Waals surface area contributed by atoms with Crippen LogP contribution in [-0.2, 0) is 4.79 Å². The standard InChI is InChI=1S/C15H19F4N3O/c1-2-3-6-20-15(23)9-5-4-7-22(8-9)12-10(16)13(18)21-14(19)11(12)17/h9H,2-8H2,1H3,(H,20,23). The zero-order valence-corrected chi connectivity index (χ0v) is 12.8. The van der Waals surface area contributed by atoms with Gasteiger partial charge in [0.1, 0.15) is 5.69 Å². The van der Waals surface area contributed by atoms with Crippen LogP contribution in [0.5, 0.6) is 0 Å².